The molecule has 0 atom stereocenters. The van der Waals surface area contributed by atoms with Gasteiger partial charge in [0.2, 0.25) is 0 Å². The monoisotopic (exact) mass is 214 g/mol. The minimum atomic E-state index is -1.25. The van der Waals surface area contributed by atoms with Crippen molar-refractivity contribution in [3.8, 4) is 0 Å². The first-order valence-electron chi connectivity index (χ1n) is 4.77. The largest absolute Gasteiger partial charge is 1.00 e. The van der Waals surface area contributed by atoms with E-state index in [0.29, 0.717) is 13.2 Å². The van der Waals surface area contributed by atoms with Crippen molar-refractivity contribution >= 4 is 11.7 Å². The van der Waals surface area contributed by atoms with Gasteiger partial charge in [-0.05, 0) is 12.1 Å². The van der Waals surface area contributed by atoms with Crippen molar-refractivity contribution in [3.05, 3.63) is 24.0 Å². The molecule has 1 aromatic heterocycles. The molecular weight excluding hydrogens is 203 g/mol. The number of anilines is 1. The van der Waals surface area contributed by atoms with E-state index in [9.17, 15) is 9.90 Å². The molecule has 0 amide bonds. The molecule has 2 heterocycles. The zero-order valence-corrected chi connectivity index (χ0v) is 9.18. The molecular formula is C10H11LiN2O3. The van der Waals surface area contributed by atoms with Crippen LogP contribution in [0.4, 0.5) is 5.69 Å². The number of aromatic carboxylic acids is 1. The Morgan fingerprint density at radius 2 is 2.12 bits per heavy atom. The van der Waals surface area contributed by atoms with Crippen LogP contribution in [-0.4, -0.2) is 37.3 Å². The SMILES string of the molecule is O=C([O-])c1cc(N2CCOCC2)ccn1.[Li+]. The van der Waals surface area contributed by atoms with Crippen molar-refractivity contribution in [1.29, 1.82) is 0 Å². The van der Waals surface area contributed by atoms with E-state index in [0.717, 1.165) is 18.8 Å². The van der Waals surface area contributed by atoms with Crippen molar-refractivity contribution in [2.45, 2.75) is 0 Å². The van der Waals surface area contributed by atoms with Crippen LogP contribution in [0, 0.1) is 0 Å². The summed E-state index contributed by atoms with van der Waals surface area (Å²) in [6.45, 7) is 2.89. The molecule has 1 fully saturated rings. The maximum absolute atomic E-state index is 10.6. The van der Waals surface area contributed by atoms with Crippen LogP contribution in [0.2, 0.25) is 0 Å². The third-order valence-corrected chi connectivity index (χ3v) is 2.33. The molecule has 0 aromatic carbocycles. The fraction of sp³-hybridized carbons (Fsp3) is 0.400. The Morgan fingerprint density at radius 1 is 1.44 bits per heavy atom. The van der Waals surface area contributed by atoms with Crippen molar-refractivity contribution in [2.24, 2.45) is 0 Å². The van der Waals surface area contributed by atoms with E-state index >= 15 is 0 Å². The van der Waals surface area contributed by atoms with Gasteiger partial charge >= 0.3 is 18.9 Å². The zero-order chi connectivity index (χ0) is 10.7. The number of nitrogens with zero attached hydrogens (tertiary/aromatic N) is 2. The second-order valence-corrected chi connectivity index (χ2v) is 3.29. The van der Waals surface area contributed by atoms with E-state index < -0.39 is 5.97 Å². The summed E-state index contributed by atoms with van der Waals surface area (Å²) in [5, 5.41) is 10.6. The van der Waals surface area contributed by atoms with Gasteiger partial charge < -0.3 is 19.5 Å². The predicted molar refractivity (Wildman–Crippen MR) is 51.6 cm³/mol. The van der Waals surface area contributed by atoms with Gasteiger partial charge in [0.15, 0.2) is 0 Å². The van der Waals surface area contributed by atoms with Crippen LogP contribution < -0.4 is 28.9 Å². The molecule has 1 saturated heterocycles. The second-order valence-electron chi connectivity index (χ2n) is 3.29. The van der Waals surface area contributed by atoms with Gasteiger partial charge in [0, 0.05) is 25.0 Å². The number of carboxylic acids is 1. The zero-order valence-electron chi connectivity index (χ0n) is 9.18. The van der Waals surface area contributed by atoms with Gasteiger partial charge in [0.1, 0.15) is 0 Å². The van der Waals surface area contributed by atoms with E-state index in [1.807, 2.05) is 0 Å². The van der Waals surface area contributed by atoms with Crippen LogP contribution >= 0.6 is 0 Å². The number of aromatic nitrogens is 1. The third kappa shape index (κ3) is 2.98. The average Bonchev–Trinajstić information content (AvgIpc) is 2.30. The Bertz CT molecular complexity index is 367. The second kappa shape index (κ2) is 5.90. The van der Waals surface area contributed by atoms with E-state index in [-0.39, 0.29) is 24.6 Å². The van der Waals surface area contributed by atoms with Crippen LogP contribution in [-0.2, 0) is 4.74 Å². The molecule has 0 N–H and O–H groups in total. The van der Waals surface area contributed by atoms with Gasteiger partial charge in [0.25, 0.3) is 0 Å². The summed E-state index contributed by atoms with van der Waals surface area (Å²) in [6.07, 6.45) is 1.48. The van der Waals surface area contributed by atoms with Crippen molar-refractivity contribution in [2.75, 3.05) is 31.2 Å². The third-order valence-electron chi connectivity index (χ3n) is 2.33. The van der Waals surface area contributed by atoms with Gasteiger partial charge in [-0.15, -0.1) is 0 Å². The summed E-state index contributed by atoms with van der Waals surface area (Å²) in [5.41, 5.74) is 0.825. The fourth-order valence-electron chi connectivity index (χ4n) is 1.55. The normalized spacial score (nSPS) is 15.4. The first-order valence-corrected chi connectivity index (χ1v) is 4.77. The molecule has 80 valence electrons. The molecule has 0 bridgehead atoms. The summed E-state index contributed by atoms with van der Waals surface area (Å²) < 4.78 is 5.21. The van der Waals surface area contributed by atoms with Crippen LogP contribution in [0.5, 0.6) is 0 Å². The smallest absolute Gasteiger partial charge is 0.543 e. The van der Waals surface area contributed by atoms with Crippen LogP contribution in [0.25, 0.3) is 0 Å². The van der Waals surface area contributed by atoms with E-state index in [4.69, 9.17) is 4.74 Å². The number of ether oxygens (including phenoxy) is 1. The maximum atomic E-state index is 10.6. The average molecular weight is 214 g/mol. The number of carbonyl (C=O) groups is 1. The number of hydrogen-bond acceptors (Lipinski definition) is 5. The standard InChI is InChI=1S/C10H12N2O3.Li/c13-10(14)9-7-8(1-2-11-9)12-3-5-15-6-4-12;/h1-2,7H,3-6H2,(H,13,14);/q;+1/p-1. The van der Waals surface area contributed by atoms with Crippen LogP contribution in [0.3, 0.4) is 0 Å². The predicted octanol–water partition coefficient (Wildman–Crippen LogP) is -3.71. The topological polar surface area (TPSA) is 65.5 Å². The number of carboxylic acid groups (broad SMARTS) is 1. The minimum Gasteiger partial charge on any atom is -0.543 e. The molecule has 1 aliphatic heterocycles. The Labute approximate surface area is 106 Å². The van der Waals surface area contributed by atoms with Gasteiger partial charge in [-0.1, -0.05) is 0 Å². The minimum absolute atomic E-state index is 0. The van der Waals surface area contributed by atoms with Crippen LogP contribution in [0.1, 0.15) is 10.5 Å². The molecule has 0 spiro atoms. The Kier molecular flexibility index (Phi) is 4.81. The Hall–Kier alpha value is -1.02. The summed E-state index contributed by atoms with van der Waals surface area (Å²) >= 11 is 0. The fourth-order valence-corrected chi connectivity index (χ4v) is 1.55. The van der Waals surface area contributed by atoms with E-state index in [1.54, 1.807) is 6.07 Å². The maximum Gasteiger partial charge on any atom is 1.00 e. The van der Waals surface area contributed by atoms with Crippen molar-refractivity contribution in [3.63, 3.8) is 0 Å². The van der Waals surface area contributed by atoms with E-state index in [1.165, 1.54) is 12.3 Å². The quantitative estimate of drug-likeness (QED) is 0.474. The number of rotatable bonds is 2. The molecule has 5 nitrogen and oxygen atoms in total. The molecule has 1 aliphatic rings. The first-order chi connectivity index (χ1) is 7.27. The summed E-state index contributed by atoms with van der Waals surface area (Å²) in [5.74, 6) is -1.25. The van der Waals surface area contributed by atoms with Crippen molar-refractivity contribution in [1.82, 2.24) is 4.98 Å². The Morgan fingerprint density at radius 3 is 2.75 bits per heavy atom. The molecule has 0 radical (unpaired) electrons. The molecule has 6 heteroatoms. The first kappa shape index (κ1) is 13.0. The molecule has 0 saturated carbocycles. The van der Waals surface area contributed by atoms with Gasteiger partial charge in [-0.3, -0.25) is 4.98 Å². The molecule has 2 rings (SSSR count). The van der Waals surface area contributed by atoms with Gasteiger partial charge in [0.05, 0.1) is 24.9 Å². The number of morpholine rings is 1. The summed E-state index contributed by atoms with van der Waals surface area (Å²) in [7, 11) is 0. The number of hydrogen-bond donors (Lipinski definition) is 0. The van der Waals surface area contributed by atoms with Crippen molar-refractivity contribution < 1.29 is 33.5 Å². The molecule has 0 unspecified atom stereocenters. The summed E-state index contributed by atoms with van der Waals surface area (Å²) in [6, 6.07) is 3.32. The van der Waals surface area contributed by atoms with Gasteiger partial charge in [-0.2, -0.15) is 0 Å². The molecule has 1 aromatic rings. The number of carbonyl (C=O) groups excluding carboxylic acids is 1. The van der Waals surface area contributed by atoms with Crippen LogP contribution in [0.15, 0.2) is 18.3 Å². The Balaban J connectivity index is 0.00000128. The van der Waals surface area contributed by atoms with E-state index in [2.05, 4.69) is 9.88 Å². The van der Waals surface area contributed by atoms with Gasteiger partial charge in [-0.25, -0.2) is 0 Å². The molecule has 16 heavy (non-hydrogen) atoms. The molecule has 0 aliphatic carbocycles. The summed E-state index contributed by atoms with van der Waals surface area (Å²) in [4.78, 5) is 16.4. The number of pyridine rings is 1.